The Kier molecular flexibility index (Phi) is 4.20. The van der Waals surface area contributed by atoms with E-state index in [2.05, 4.69) is 47.6 Å². The summed E-state index contributed by atoms with van der Waals surface area (Å²) in [6.45, 7) is 2.22. The average Bonchev–Trinajstić information content (AvgIpc) is 2.55. The van der Waals surface area contributed by atoms with Crippen molar-refractivity contribution in [1.29, 1.82) is 0 Å². The van der Waals surface area contributed by atoms with Crippen LogP contribution in [-0.4, -0.2) is 18.1 Å². The van der Waals surface area contributed by atoms with Crippen LogP contribution in [0.1, 0.15) is 36.1 Å². The van der Waals surface area contributed by atoms with Gasteiger partial charge in [0.25, 0.3) is 0 Å². The third-order valence-electron chi connectivity index (χ3n) is 4.33. The Morgan fingerprint density at radius 1 is 1.19 bits per heavy atom. The first-order valence-corrected chi connectivity index (χ1v) is 7.58. The molecule has 110 valence electrons. The molecular formula is C18H22N2O. The van der Waals surface area contributed by atoms with Crippen molar-refractivity contribution in [3.63, 3.8) is 0 Å². The fourth-order valence-corrected chi connectivity index (χ4v) is 3.10. The molecule has 3 rings (SSSR count). The van der Waals surface area contributed by atoms with Gasteiger partial charge in [-0.15, -0.1) is 0 Å². The molecule has 0 saturated carbocycles. The Labute approximate surface area is 126 Å². The van der Waals surface area contributed by atoms with E-state index >= 15 is 0 Å². The predicted octanol–water partition coefficient (Wildman–Crippen LogP) is 3.30. The molecule has 1 heterocycles. The fraction of sp³-hybridized carbons (Fsp3) is 0.389. The minimum absolute atomic E-state index is 0.352. The number of fused-ring (bicyclic) bond motifs is 1. The number of benzene rings is 1. The first-order chi connectivity index (χ1) is 10.3. The van der Waals surface area contributed by atoms with Crippen molar-refractivity contribution in [2.24, 2.45) is 0 Å². The summed E-state index contributed by atoms with van der Waals surface area (Å²) in [4.78, 5) is 4.08. The van der Waals surface area contributed by atoms with Gasteiger partial charge in [-0.2, -0.15) is 0 Å². The number of rotatable bonds is 4. The van der Waals surface area contributed by atoms with Crippen LogP contribution in [0.5, 0.6) is 5.75 Å². The smallest absolute Gasteiger partial charge is 0.119 e. The molecule has 0 radical (unpaired) electrons. The lowest BCUT2D eigenvalue weighted by Crippen LogP contribution is -2.36. The van der Waals surface area contributed by atoms with Crippen molar-refractivity contribution in [2.45, 2.75) is 38.3 Å². The maximum atomic E-state index is 5.34. The third kappa shape index (κ3) is 3.24. The molecule has 1 N–H and O–H groups in total. The first-order valence-electron chi connectivity index (χ1n) is 7.58. The monoisotopic (exact) mass is 282 g/mol. The average molecular weight is 282 g/mol. The number of nitrogens with zero attached hydrogens (tertiary/aromatic N) is 1. The largest absolute Gasteiger partial charge is 0.497 e. The van der Waals surface area contributed by atoms with Crippen LogP contribution >= 0.6 is 0 Å². The molecule has 0 aliphatic heterocycles. The quantitative estimate of drug-likeness (QED) is 0.934. The summed E-state index contributed by atoms with van der Waals surface area (Å²) in [5, 5.41) is 3.74. The van der Waals surface area contributed by atoms with E-state index in [1.807, 2.05) is 12.4 Å². The number of aromatic nitrogens is 1. The van der Waals surface area contributed by atoms with Crippen LogP contribution in [0.25, 0.3) is 0 Å². The highest BCUT2D eigenvalue weighted by Crippen LogP contribution is 2.26. The van der Waals surface area contributed by atoms with Gasteiger partial charge in [0.05, 0.1) is 7.11 Å². The Balaban J connectivity index is 1.68. The molecule has 21 heavy (non-hydrogen) atoms. The van der Waals surface area contributed by atoms with E-state index in [4.69, 9.17) is 4.74 Å². The first kappa shape index (κ1) is 14.1. The second-order valence-electron chi connectivity index (χ2n) is 5.74. The number of hydrogen-bond donors (Lipinski definition) is 1. The fourth-order valence-electron chi connectivity index (χ4n) is 3.10. The maximum absolute atomic E-state index is 5.34. The van der Waals surface area contributed by atoms with Gasteiger partial charge in [-0.05, 0) is 67.1 Å². The summed E-state index contributed by atoms with van der Waals surface area (Å²) < 4.78 is 5.34. The molecule has 1 aliphatic rings. The summed E-state index contributed by atoms with van der Waals surface area (Å²) in [6, 6.07) is 11.5. The van der Waals surface area contributed by atoms with Gasteiger partial charge in [0, 0.05) is 24.5 Å². The number of nitrogens with one attached hydrogen (secondary N) is 1. The lowest BCUT2D eigenvalue weighted by Gasteiger charge is -2.29. The van der Waals surface area contributed by atoms with Crippen LogP contribution in [0.3, 0.4) is 0 Å². The van der Waals surface area contributed by atoms with E-state index in [0.29, 0.717) is 12.1 Å². The highest BCUT2D eigenvalue weighted by Gasteiger charge is 2.20. The van der Waals surface area contributed by atoms with E-state index in [1.165, 1.54) is 23.1 Å². The van der Waals surface area contributed by atoms with Crippen LogP contribution in [0.2, 0.25) is 0 Å². The van der Waals surface area contributed by atoms with Crippen LogP contribution in [0.4, 0.5) is 0 Å². The molecule has 1 unspecified atom stereocenters. The highest BCUT2D eigenvalue weighted by molar-refractivity contribution is 5.38. The van der Waals surface area contributed by atoms with Gasteiger partial charge in [0.15, 0.2) is 0 Å². The molecule has 2 aromatic rings. The topological polar surface area (TPSA) is 34.1 Å². The molecule has 1 aromatic carbocycles. The SMILES string of the molecule is COc1ccc2c(c1)CC(N[C@H](C)c1ccncc1)CC2. The minimum atomic E-state index is 0.352. The van der Waals surface area contributed by atoms with Crippen LogP contribution in [0, 0.1) is 0 Å². The van der Waals surface area contributed by atoms with Gasteiger partial charge < -0.3 is 10.1 Å². The lowest BCUT2D eigenvalue weighted by atomic mass is 9.87. The molecular weight excluding hydrogens is 260 g/mol. The second kappa shape index (κ2) is 6.27. The van der Waals surface area contributed by atoms with Crippen molar-refractivity contribution in [2.75, 3.05) is 7.11 Å². The van der Waals surface area contributed by atoms with Crippen LogP contribution in [-0.2, 0) is 12.8 Å². The molecule has 0 fully saturated rings. The van der Waals surface area contributed by atoms with E-state index in [9.17, 15) is 0 Å². The van der Waals surface area contributed by atoms with Crippen LogP contribution in [0.15, 0.2) is 42.7 Å². The summed E-state index contributed by atoms with van der Waals surface area (Å²) in [6.07, 6.45) is 7.11. The zero-order valence-electron chi connectivity index (χ0n) is 12.7. The molecule has 0 saturated heterocycles. The molecule has 3 heteroatoms. The highest BCUT2D eigenvalue weighted by atomic mass is 16.5. The normalized spacial score (nSPS) is 18.9. The minimum Gasteiger partial charge on any atom is -0.497 e. The second-order valence-corrected chi connectivity index (χ2v) is 5.74. The number of hydrogen-bond acceptors (Lipinski definition) is 3. The van der Waals surface area contributed by atoms with E-state index < -0.39 is 0 Å². The lowest BCUT2D eigenvalue weighted by molar-refractivity contribution is 0.402. The van der Waals surface area contributed by atoms with Gasteiger partial charge in [0.1, 0.15) is 5.75 Å². The predicted molar refractivity (Wildman–Crippen MR) is 84.6 cm³/mol. The van der Waals surface area contributed by atoms with Gasteiger partial charge >= 0.3 is 0 Å². The van der Waals surface area contributed by atoms with Crippen molar-refractivity contribution in [3.8, 4) is 5.75 Å². The van der Waals surface area contributed by atoms with Crippen molar-refractivity contribution in [1.82, 2.24) is 10.3 Å². The van der Waals surface area contributed by atoms with Gasteiger partial charge in [-0.1, -0.05) is 6.07 Å². The summed E-state index contributed by atoms with van der Waals surface area (Å²) in [7, 11) is 1.73. The Bertz CT molecular complexity index is 597. The van der Waals surface area contributed by atoms with E-state index in [-0.39, 0.29) is 0 Å². The number of methoxy groups -OCH3 is 1. The standard InChI is InChI=1S/C18H22N2O/c1-13(14-7-9-19-10-8-14)20-17-5-3-15-4-6-18(21-2)12-16(15)11-17/h4,6-10,12-13,17,20H,3,5,11H2,1-2H3/t13-,17?/m1/s1. The zero-order chi connectivity index (χ0) is 14.7. The molecule has 1 aliphatic carbocycles. The summed E-state index contributed by atoms with van der Waals surface area (Å²) >= 11 is 0. The summed E-state index contributed by atoms with van der Waals surface area (Å²) in [5.41, 5.74) is 4.17. The third-order valence-corrected chi connectivity index (χ3v) is 4.33. The Morgan fingerprint density at radius 2 is 2.00 bits per heavy atom. The molecule has 3 nitrogen and oxygen atoms in total. The molecule has 1 aromatic heterocycles. The zero-order valence-corrected chi connectivity index (χ0v) is 12.7. The van der Waals surface area contributed by atoms with Gasteiger partial charge in [-0.3, -0.25) is 4.98 Å². The van der Waals surface area contributed by atoms with Gasteiger partial charge in [0.2, 0.25) is 0 Å². The van der Waals surface area contributed by atoms with Crippen molar-refractivity contribution >= 4 is 0 Å². The number of pyridine rings is 1. The molecule has 2 atom stereocenters. The number of ether oxygens (including phenoxy) is 1. The van der Waals surface area contributed by atoms with Gasteiger partial charge in [-0.25, -0.2) is 0 Å². The van der Waals surface area contributed by atoms with Crippen molar-refractivity contribution in [3.05, 3.63) is 59.4 Å². The van der Waals surface area contributed by atoms with E-state index in [0.717, 1.165) is 18.6 Å². The maximum Gasteiger partial charge on any atom is 0.119 e. The van der Waals surface area contributed by atoms with Crippen molar-refractivity contribution < 1.29 is 4.74 Å². The molecule has 0 spiro atoms. The Hall–Kier alpha value is -1.87. The summed E-state index contributed by atoms with van der Waals surface area (Å²) in [5.74, 6) is 0.955. The number of aryl methyl sites for hydroxylation is 1. The molecule has 0 bridgehead atoms. The van der Waals surface area contributed by atoms with Crippen LogP contribution < -0.4 is 10.1 Å². The van der Waals surface area contributed by atoms with E-state index in [1.54, 1.807) is 7.11 Å². The Morgan fingerprint density at radius 3 is 2.76 bits per heavy atom. The molecule has 0 amide bonds.